The minimum atomic E-state index is -0.422. The van der Waals surface area contributed by atoms with Crippen molar-refractivity contribution in [3.8, 4) is 11.8 Å². The molecule has 4 nitrogen and oxygen atoms in total. The molecule has 0 bridgehead atoms. The molecule has 0 aliphatic heterocycles. The van der Waals surface area contributed by atoms with Crippen LogP contribution in [0.5, 0.6) is 5.75 Å². The third-order valence-corrected chi connectivity index (χ3v) is 3.42. The normalized spacial score (nSPS) is 10.0. The standard InChI is InChI=1S/C19H19NO3/c1-13-8-14(2)19(15(3)9-13)23-12-18(21)22-11-17-6-4-16(10-20)5-7-17/h4-9H,11-12H2,1-3H3. The predicted molar refractivity (Wildman–Crippen MR) is 87.1 cm³/mol. The maximum Gasteiger partial charge on any atom is 0.344 e. The lowest BCUT2D eigenvalue weighted by Gasteiger charge is -2.12. The average molecular weight is 309 g/mol. The van der Waals surface area contributed by atoms with Crippen molar-refractivity contribution in [2.75, 3.05) is 6.61 Å². The number of esters is 1. The lowest BCUT2D eigenvalue weighted by atomic mass is 10.1. The van der Waals surface area contributed by atoms with Gasteiger partial charge in [0, 0.05) is 0 Å². The van der Waals surface area contributed by atoms with Crippen LogP contribution in [-0.2, 0) is 16.1 Å². The second-order valence-corrected chi connectivity index (χ2v) is 5.49. The predicted octanol–water partition coefficient (Wildman–Crippen LogP) is 3.61. The minimum absolute atomic E-state index is 0.124. The van der Waals surface area contributed by atoms with E-state index in [1.54, 1.807) is 24.3 Å². The molecule has 4 heteroatoms. The Morgan fingerprint density at radius 3 is 2.26 bits per heavy atom. The molecule has 2 rings (SSSR count). The number of benzene rings is 2. The molecular weight excluding hydrogens is 290 g/mol. The van der Waals surface area contributed by atoms with Gasteiger partial charge in [-0.3, -0.25) is 0 Å². The number of carbonyl (C=O) groups excluding carboxylic acids is 1. The zero-order valence-electron chi connectivity index (χ0n) is 13.6. The van der Waals surface area contributed by atoms with E-state index in [9.17, 15) is 4.79 Å². The Kier molecular flexibility index (Phi) is 5.37. The van der Waals surface area contributed by atoms with Gasteiger partial charge in [0.05, 0.1) is 11.6 Å². The van der Waals surface area contributed by atoms with E-state index in [4.69, 9.17) is 14.7 Å². The smallest absolute Gasteiger partial charge is 0.344 e. The molecule has 0 unspecified atom stereocenters. The third-order valence-electron chi connectivity index (χ3n) is 3.42. The maximum atomic E-state index is 11.8. The molecular formula is C19H19NO3. The van der Waals surface area contributed by atoms with Crippen molar-refractivity contribution in [1.29, 1.82) is 5.26 Å². The summed E-state index contributed by atoms with van der Waals surface area (Å²) in [6.07, 6.45) is 0. The number of rotatable bonds is 5. The molecule has 2 aromatic carbocycles. The van der Waals surface area contributed by atoms with Gasteiger partial charge >= 0.3 is 5.97 Å². The molecule has 0 spiro atoms. The van der Waals surface area contributed by atoms with Crippen LogP contribution in [-0.4, -0.2) is 12.6 Å². The summed E-state index contributed by atoms with van der Waals surface area (Å²) >= 11 is 0. The fraction of sp³-hybridized carbons (Fsp3) is 0.263. The Balaban J connectivity index is 1.87. The highest BCUT2D eigenvalue weighted by Gasteiger charge is 2.09. The SMILES string of the molecule is Cc1cc(C)c(OCC(=O)OCc2ccc(C#N)cc2)c(C)c1. The molecule has 23 heavy (non-hydrogen) atoms. The quantitative estimate of drug-likeness (QED) is 0.792. The number of carbonyl (C=O) groups is 1. The molecule has 0 atom stereocenters. The van der Waals surface area contributed by atoms with Crippen molar-refractivity contribution in [2.45, 2.75) is 27.4 Å². The van der Waals surface area contributed by atoms with Crippen LogP contribution < -0.4 is 4.74 Å². The summed E-state index contributed by atoms with van der Waals surface area (Å²) in [6.45, 7) is 5.98. The summed E-state index contributed by atoms with van der Waals surface area (Å²) in [5, 5.41) is 8.73. The first-order valence-electron chi connectivity index (χ1n) is 7.35. The Hall–Kier alpha value is -2.80. The summed E-state index contributed by atoms with van der Waals surface area (Å²) in [5.41, 5.74) is 4.58. The van der Waals surface area contributed by atoms with E-state index in [-0.39, 0.29) is 13.2 Å². The Bertz CT molecular complexity index is 719. The van der Waals surface area contributed by atoms with Gasteiger partial charge in [-0.15, -0.1) is 0 Å². The lowest BCUT2D eigenvalue weighted by molar-refractivity contribution is -0.147. The van der Waals surface area contributed by atoms with Gasteiger partial charge < -0.3 is 9.47 Å². The maximum absolute atomic E-state index is 11.8. The van der Waals surface area contributed by atoms with Gasteiger partial charge in [-0.2, -0.15) is 5.26 Å². The number of hydrogen-bond acceptors (Lipinski definition) is 4. The van der Waals surface area contributed by atoms with Gasteiger partial charge in [0.2, 0.25) is 0 Å². The average Bonchev–Trinajstić information content (AvgIpc) is 2.52. The molecule has 0 aliphatic carbocycles. The van der Waals surface area contributed by atoms with Crippen LogP contribution in [0.25, 0.3) is 0 Å². The molecule has 0 saturated carbocycles. The highest BCUT2D eigenvalue weighted by Crippen LogP contribution is 2.24. The van der Waals surface area contributed by atoms with Crippen LogP contribution in [0, 0.1) is 32.1 Å². The van der Waals surface area contributed by atoms with E-state index >= 15 is 0 Å². The summed E-state index contributed by atoms with van der Waals surface area (Å²) in [4.78, 5) is 11.8. The highest BCUT2D eigenvalue weighted by atomic mass is 16.6. The van der Waals surface area contributed by atoms with Crippen LogP contribution in [0.4, 0.5) is 0 Å². The van der Waals surface area contributed by atoms with Gasteiger partial charge in [-0.05, 0) is 49.6 Å². The molecule has 0 heterocycles. The summed E-state index contributed by atoms with van der Waals surface area (Å²) in [7, 11) is 0. The molecule has 0 N–H and O–H groups in total. The van der Waals surface area contributed by atoms with Gasteiger partial charge in [0.1, 0.15) is 12.4 Å². The van der Waals surface area contributed by atoms with Crippen LogP contribution >= 0.6 is 0 Å². The zero-order chi connectivity index (χ0) is 16.8. The van der Waals surface area contributed by atoms with Gasteiger partial charge in [-0.25, -0.2) is 4.79 Å². The summed E-state index contributed by atoms with van der Waals surface area (Å²) in [5.74, 6) is 0.305. The number of nitrogens with zero attached hydrogens (tertiary/aromatic N) is 1. The second-order valence-electron chi connectivity index (χ2n) is 5.49. The Morgan fingerprint density at radius 2 is 1.70 bits per heavy atom. The Labute approximate surface area is 136 Å². The van der Waals surface area contributed by atoms with E-state index in [0.29, 0.717) is 5.56 Å². The summed E-state index contributed by atoms with van der Waals surface area (Å²) < 4.78 is 10.8. The fourth-order valence-electron chi connectivity index (χ4n) is 2.41. The molecule has 0 amide bonds. The largest absolute Gasteiger partial charge is 0.481 e. The van der Waals surface area contributed by atoms with E-state index in [0.717, 1.165) is 28.0 Å². The number of nitriles is 1. The van der Waals surface area contributed by atoms with Crippen LogP contribution in [0.2, 0.25) is 0 Å². The van der Waals surface area contributed by atoms with Gasteiger partial charge in [-0.1, -0.05) is 29.8 Å². The van der Waals surface area contributed by atoms with Gasteiger partial charge in [0.15, 0.2) is 6.61 Å². The molecule has 0 aromatic heterocycles. The number of ether oxygens (including phenoxy) is 2. The van der Waals surface area contributed by atoms with E-state index in [1.165, 1.54) is 0 Å². The number of hydrogen-bond donors (Lipinski definition) is 0. The van der Waals surface area contributed by atoms with Crippen molar-refractivity contribution >= 4 is 5.97 Å². The van der Waals surface area contributed by atoms with E-state index in [2.05, 4.69) is 0 Å². The molecule has 0 aliphatic rings. The first-order chi connectivity index (χ1) is 11.0. The Morgan fingerprint density at radius 1 is 1.09 bits per heavy atom. The highest BCUT2D eigenvalue weighted by molar-refractivity contribution is 5.71. The van der Waals surface area contributed by atoms with Crippen LogP contribution in [0.3, 0.4) is 0 Å². The molecule has 2 aromatic rings. The molecule has 118 valence electrons. The van der Waals surface area contributed by atoms with Crippen LogP contribution in [0.15, 0.2) is 36.4 Å². The van der Waals surface area contributed by atoms with Gasteiger partial charge in [0.25, 0.3) is 0 Å². The number of aryl methyl sites for hydroxylation is 3. The van der Waals surface area contributed by atoms with Crippen molar-refractivity contribution in [1.82, 2.24) is 0 Å². The molecule has 0 saturated heterocycles. The third kappa shape index (κ3) is 4.58. The molecule has 0 fully saturated rings. The summed E-state index contributed by atoms with van der Waals surface area (Å²) in [6, 6.07) is 13.0. The van der Waals surface area contributed by atoms with E-state index in [1.807, 2.05) is 39.0 Å². The van der Waals surface area contributed by atoms with Crippen molar-refractivity contribution < 1.29 is 14.3 Å². The van der Waals surface area contributed by atoms with Crippen molar-refractivity contribution in [3.05, 3.63) is 64.2 Å². The van der Waals surface area contributed by atoms with E-state index < -0.39 is 5.97 Å². The zero-order valence-corrected chi connectivity index (χ0v) is 13.6. The van der Waals surface area contributed by atoms with Crippen LogP contribution in [0.1, 0.15) is 27.8 Å². The minimum Gasteiger partial charge on any atom is -0.481 e. The fourth-order valence-corrected chi connectivity index (χ4v) is 2.41. The first kappa shape index (κ1) is 16.6. The topological polar surface area (TPSA) is 59.3 Å². The van der Waals surface area contributed by atoms with Crippen molar-refractivity contribution in [2.24, 2.45) is 0 Å². The monoisotopic (exact) mass is 309 g/mol. The lowest BCUT2D eigenvalue weighted by Crippen LogP contribution is -2.15. The second kappa shape index (κ2) is 7.46. The van der Waals surface area contributed by atoms with Crippen molar-refractivity contribution in [3.63, 3.8) is 0 Å². The molecule has 0 radical (unpaired) electrons. The first-order valence-corrected chi connectivity index (χ1v) is 7.35.